The van der Waals surface area contributed by atoms with E-state index in [0.717, 1.165) is 153 Å². The average Bonchev–Trinajstić information content (AvgIpc) is 1.54. The van der Waals surface area contributed by atoms with Crippen LogP contribution in [0, 0.1) is 0 Å². The van der Waals surface area contributed by atoms with Crippen molar-refractivity contribution in [3.63, 3.8) is 0 Å². The predicted octanol–water partition coefficient (Wildman–Crippen LogP) is 24.3. The normalized spacial score (nSPS) is 13.6. The largest absolute Gasteiger partial charge is 0.456 e. The zero-order valence-corrected chi connectivity index (χ0v) is 55.5. The molecule has 10 heteroatoms. The lowest BCUT2D eigenvalue weighted by atomic mass is 9.67. The van der Waals surface area contributed by atoms with E-state index in [2.05, 4.69) is 297 Å². The van der Waals surface area contributed by atoms with Gasteiger partial charge in [-0.25, -0.2) is 29.9 Å². The first kappa shape index (κ1) is 57.2. The number of hydrogen-bond donors (Lipinski definition) is 0. The Labute approximate surface area is 586 Å². The molecule has 1 unspecified atom stereocenters. The van der Waals surface area contributed by atoms with Gasteiger partial charge in [0, 0.05) is 53.2 Å². The van der Waals surface area contributed by atoms with Crippen LogP contribution < -0.4 is 0 Å². The third kappa shape index (κ3) is 9.33. The van der Waals surface area contributed by atoms with E-state index < -0.39 is 5.41 Å². The van der Waals surface area contributed by atoms with Crippen LogP contribution >= 0.6 is 22.7 Å². The lowest BCUT2D eigenvalue weighted by Gasteiger charge is -2.34. The Morgan fingerprint density at radius 1 is 0.238 bits per heavy atom. The van der Waals surface area contributed by atoms with Gasteiger partial charge < -0.3 is 8.83 Å². The van der Waals surface area contributed by atoms with Crippen LogP contribution in [0.5, 0.6) is 0 Å². The van der Waals surface area contributed by atoms with Gasteiger partial charge in [0.15, 0.2) is 34.9 Å². The number of rotatable bonds is 10. The molecule has 14 aromatic carbocycles. The molecule has 1 aliphatic carbocycles. The highest BCUT2D eigenvalue weighted by atomic mass is 32.1. The van der Waals surface area contributed by atoms with Crippen LogP contribution in [0.25, 0.3) is 186 Å². The molecule has 0 saturated heterocycles. The van der Waals surface area contributed by atoms with Crippen molar-refractivity contribution in [2.45, 2.75) is 5.41 Å². The molecule has 21 rings (SSSR count). The highest BCUT2D eigenvalue weighted by Crippen LogP contribution is 2.58. The first-order chi connectivity index (χ1) is 49.9. The van der Waals surface area contributed by atoms with Crippen LogP contribution in [0.1, 0.15) is 22.3 Å². The van der Waals surface area contributed by atoms with E-state index in [-0.39, 0.29) is 0 Å². The third-order valence-corrected chi connectivity index (χ3v) is 22.5. The minimum atomic E-state index is -0.706. The van der Waals surface area contributed by atoms with E-state index in [9.17, 15) is 0 Å². The zero-order chi connectivity index (χ0) is 66.3. The maximum Gasteiger partial charge on any atom is 0.174 e. The second-order valence-corrected chi connectivity index (χ2v) is 28.2. The molecule has 6 heterocycles. The van der Waals surface area contributed by atoms with Gasteiger partial charge in [0.05, 0.1) is 15.2 Å². The number of thiophene rings is 2. The van der Waals surface area contributed by atoms with Crippen molar-refractivity contribution in [2.75, 3.05) is 0 Å². The summed E-state index contributed by atoms with van der Waals surface area (Å²) in [5, 5.41) is 10.9. The Kier molecular flexibility index (Phi) is 12.8. The molecular weight excluding hydrogens is 1270 g/mol. The Bertz CT molecular complexity index is 6710. The molecular formula is C91H52N6O2S2. The van der Waals surface area contributed by atoms with Crippen molar-refractivity contribution in [3.05, 3.63) is 338 Å². The minimum absolute atomic E-state index is 0.587. The van der Waals surface area contributed by atoms with Crippen LogP contribution in [0.4, 0.5) is 0 Å². The molecule has 8 nitrogen and oxygen atoms in total. The standard InChI is InChI=1S/C91H52N6O2S2/c1-3-16-53(17-4-1)54-30-32-56(33-31-54)85-92-86(95-89(94-85)82-51-61-20-9-13-28-80(61)100-82)63-38-42-77-71(47-63)73-46-60-35-34-59(44-65(60)50-79(73)99-77)55-36-40-67(41-37-55)91(66-22-5-2-6-23-66)74-26-12-11-24-68(74)84-69(25-15-27-75(84)91)88-93-87(96-90(97-88)83-52-62-21-10-14-29-81(62)101-83)64-39-43-76-70(48-64)72-45-57-18-7-8-19-58(57)49-78(72)98-76/h1-52H. The summed E-state index contributed by atoms with van der Waals surface area (Å²) in [6.07, 6.45) is 0. The topological polar surface area (TPSA) is 104 Å². The number of fused-ring (bicyclic) bond motifs is 13. The molecule has 0 saturated carbocycles. The summed E-state index contributed by atoms with van der Waals surface area (Å²) in [5.74, 6) is 3.66. The molecule has 0 N–H and O–H groups in total. The van der Waals surface area contributed by atoms with Crippen LogP contribution in [0.3, 0.4) is 0 Å². The molecule has 20 aromatic rings. The second-order valence-electron chi connectivity index (χ2n) is 26.1. The van der Waals surface area contributed by atoms with E-state index in [1.165, 1.54) is 20.5 Å². The lowest BCUT2D eigenvalue weighted by Crippen LogP contribution is -2.28. The third-order valence-electron chi connectivity index (χ3n) is 20.3. The SMILES string of the molecule is c1ccc(-c2ccc(-c3nc(-c4ccc5oc6cc7cc(-c8ccc(C9(c%10ccccc%10)c%10ccccc%10-c%10c(-c%11nc(-c%12ccc%13oc%14cc%15ccccc%15cc%14c%13c%12)nc(-c%12cc%13ccccc%13s%12)n%11)cccc%109)cc8)ccc7cc6c5c4)nc(-c4cc5ccccc5s4)n3)cc2)cc1. The van der Waals surface area contributed by atoms with Gasteiger partial charge in [0.1, 0.15) is 22.3 Å². The maximum atomic E-state index is 6.72. The summed E-state index contributed by atoms with van der Waals surface area (Å²) < 4.78 is 15.6. The van der Waals surface area contributed by atoms with Crippen molar-refractivity contribution in [1.29, 1.82) is 0 Å². The van der Waals surface area contributed by atoms with Gasteiger partial charge in [0.25, 0.3) is 0 Å². The Hall–Kier alpha value is -12.9. The van der Waals surface area contributed by atoms with E-state index in [0.29, 0.717) is 34.9 Å². The van der Waals surface area contributed by atoms with Crippen molar-refractivity contribution in [3.8, 4) is 100 Å². The van der Waals surface area contributed by atoms with E-state index in [1.807, 2.05) is 18.2 Å². The fraction of sp³-hybridized carbons (Fsp3) is 0.0110. The van der Waals surface area contributed by atoms with Crippen molar-refractivity contribution in [2.24, 2.45) is 0 Å². The van der Waals surface area contributed by atoms with E-state index >= 15 is 0 Å². The first-order valence-electron chi connectivity index (χ1n) is 33.8. The van der Waals surface area contributed by atoms with Crippen LogP contribution in [-0.4, -0.2) is 29.9 Å². The fourth-order valence-electron chi connectivity index (χ4n) is 15.5. The summed E-state index contributed by atoms with van der Waals surface area (Å²) in [5.41, 5.74) is 17.6. The van der Waals surface area contributed by atoms with E-state index in [4.69, 9.17) is 38.7 Å². The Morgan fingerprint density at radius 2 is 0.663 bits per heavy atom. The predicted molar refractivity (Wildman–Crippen MR) is 414 cm³/mol. The van der Waals surface area contributed by atoms with Crippen molar-refractivity contribution in [1.82, 2.24) is 29.9 Å². The monoisotopic (exact) mass is 1320 g/mol. The summed E-state index contributed by atoms with van der Waals surface area (Å²) in [4.78, 5) is 33.8. The molecule has 1 atom stereocenters. The molecule has 0 radical (unpaired) electrons. The average molecular weight is 1330 g/mol. The molecule has 470 valence electrons. The van der Waals surface area contributed by atoms with Gasteiger partial charge in [-0.2, -0.15) is 0 Å². The maximum absolute atomic E-state index is 6.72. The summed E-state index contributed by atoms with van der Waals surface area (Å²) in [6.45, 7) is 0. The van der Waals surface area contributed by atoms with Gasteiger partial charge in [-0.3, -0.25) is 0 Å². The molecule has 6 aromatic heterocycles. The molecule has 0 fully saturated rings. The number of benzene rings is 14. The molecule has 0 amide bonds. The van der Waals surface area contributed by atoms with Gasteiger partial charge >= 0.3 is 0 Å². The molecule has 0 spiro atoms. The van der Waals surface area contributed by atoms with Crippen LogP contribution in [0.2, 0.25) is 0 Å². The Morgan fingerprint density at radius 3 is 1.31 bits per heavy atom. The number of furan rings is 2. The highest BCUT2D eigenvalue weighted by molar-refractivity contribution is 7.22. The highest BCUT2D eigenvalue weighted by Gasteiger charge is 2.47. The molecule has 0 aliphatic heterocycles. The molecule has 0 bridgehead atoms. The summed E-state index contributed by atoms with van der Waals surface area (Å²) in [7, 11) is 0. The Balaban J connectivity index is 0.653. The first-order valence-corrected chi connectivity index (χ1v) is 35.4. The lowest BCUT2D eigenvalue weighted by molar-refractivity contribution is 0.669. The zero-order valence-electron chi connectivity index (χ0n) is 53.8. The number of nitrogens with zero attached hydrogens (tertiary/aromatic N) is 6. The minimum Gasteiger partial charge on any atom is -0.456 e. The van der Waals surface area contributed by atoms with Crippen molar-refractivity contribution < 1.29 is 8.83 Å². The quantitative estimate of drug-likeness (QED) is 0.133. The second kappa shape index (κ2) is 22.6. The smallest absolute Gasteiger partial charge is 0.174 e. The number of aromatic nitrogens is 6. The summed E-state index contributed by atoms with van der Waals surface area (Å²) >= 11 is 3.39. The van der Waals surface area contributed by atoms with Gasteiger partial charge in [-0.05, 0) is 179 Å². The summed E-state index contributed by atoms with van der Waals surface area (Å²) in [6, 6.07) is 112. The fourth-order valence-corrected chi connectivity index (χ4v) is 17.4. The van der Waals surface area contributed by atoms with Crippen molar-refractivity contribution >= 4 is 108 Å². The number of hydrogen-bond acceptors (Lipinski definition) is 10. The molecule has 1 aliphatic rings. The van der Waals surface area contributed by atoms with Crippen LogP contribution in [0.15, 0.2) is 324 Å². The van der Waals surface area contributed by atoms with Crippen LogP contribution in [-0.2, 0) is 5.41 Å². The van der Waals surface area contributed by atoms with E-state index in [1.54, 1.807) is 22.7 Å². The van der Waals surface area contributed by atoms with Gasteiger partial charge in [0.2, 0.25) is 0 Å². The van der Waals surface area contributed by atoms with Gasteiger partial charge in [-0.15, -0.1) is 22.7 Å². The van der Waals surface area contributed by atoms with Gasteiger partial charge in [-0.1, -0.05) is 224 Å². The molecule has 101 heavy (non-hydrogen) atoms.